The van der Waals surface area contributed by atoms with Crippen LogP contribution in [-0.2, 0) is 6.54 Å². The zero-order valence-corrected chi connectivity index (χ0v) is 18.1. The Kier molecular flexibility index (Phi) is 5.98. The van der Waals surface area contributed by atoms with Crippen LogP contribution in [0, 0.1) is 20.8 Å². The van der Waals surface area contributed by atoms with E-state index in [1.807, 2.05) is 38.1 Å². The number of urea groups is 1. The molecular formula is C25H27N5O. The molecule has 2 N–H and O–H groups in total. The van der Waals surface area contributed by atoms with Gasteiger partial charge in [-0.05, 0) is 62.6 Å². The van der Waals surface area contributed by atoms with E-state index in [0.29, 0.717) is 13.1 Å². The summed E-state index contributed by atoms with van der Waals surface area (Å²) < 4.78 is 2.13. The molecule has 0 aliphatic carbocycles. The number of nitrogens with one attached hydrogen (secondary N) is 2. The van der Waals surface area contributed by atoms with Gasteiger partial charge in [0.05, 0.1) is 0 Å². The van der Waals surface area contributed by atoms with Crippen LogP contribution in [-0.4, -0.2) is 27.1 Å². The second-order valence-electron chi connectivity index (χ2n) is 7.91. The Balaban J connectivity index is 1.42. The van der Waals surface area contributed by atoms with Gasteiger partial charge in [0.1, 0.15) is 11.3 Å². The number of carbonyl (C=O) groups is 1. The Morgan fingerprint density at radius 2 is 1.71 bits per heavy atom. The van der Waals surface area contributed by atoms with Crippen LogP contribution in [0.25, 0.3) is 22.6 Å². The molecule has 0 atom stereocenters. The minimum absolute atomic E-state index is 0.197. The van der Waals surface area contributed by atoms with Crippen LogP contribution in [0.2, 0.25) is 0 Å². The average molecular weight is 414 g/mol. The summed E-state index contributed by atoms with van der Waals surface area (Å²) in [5.74, 6) is 0.897. The van der Waals surface area contributed by atoms with E-state index in [-0.39, 0.29) is 6.03 Å². The summed E-state index contributed by atoms with van der Waals surface area (Å²) >= 11 is 0. The molecule has 0 aliphatic rings. The molecule has 6 heteroatoms. The number of hydrogen-bond acceptors (Lipinski definition) is 3. The van der Waals surface area contributed by atoms with Crippen molar-refractivity contribution < 1.29 is 4.79 Å². The van der Waals surface area contributed by atoms with E-state index < -0.39 is 0 Å². The van der Waals surface area contributed by atoms with Gasteiger partial charge in [-0.1, -0.05) is 35.9 Å². The molecule has 0 radical (unpaired) electrons. The summed E-state index contributed by atoms with van der Waals surface area (Å²) in [6, 6.07) is 18.0. The summed E-state index contributed by atoms with van der Waals surface area (Å²) in [6.07, 6.45) is 2.55. The molecule has 2 amide bonds. The van der Waals surface area contributed by atoms with Crippen molar-refractivity contribution in [3.05, 3.63) is 77.5 Å². The highest BCUT2D eigenvalue weighted by atomic mass is 16.2. The molecule has 6 nitrogen and oxygen atoms in total. The monoisotopic (exact) mass is 413 g/mol. The summed E-state index contributed by atoms with van der Waals surface area (Å²) in [7, 11) is 0. The first-order chi connectivity index (χ1) is 15.0. The largest absolute Gasteiger partial charge is 0.338 e. The highest BCUT2D eigenvalue weighted by Crippen LogP contribution is 2.24. The Morgan fingerprint density at radius 1 is 0.968 bits per heavy atom. The molecule has 0 fully saturated rings. The van der Waals surface area contributed by atoms with Crippen molar-refractivity contribution in [1.29, 1.82) is 0 Å². The summed E-state index contributed by atoms with van der Waals surface area (Å²) in [5, 5.41) is 5.85. The van der Waals surface area contributed by atoms with Crippen LogP contribution in [0.1, 0.15) is 23.1 Å². The van der Waals surface area contributed by atoms with E-state index in [9.17, 15) is 4.79 Å². The van der Waals surface area contributed by atoms with Crippen molar-refractivity contribution in [2.24, 2.45) is 0 Å². The molecular weight excluding hydrogens is 386 g/mol. The maximum atomic E-state index is 12.3. The van der Waals surface area contributed by atoms with Crippen molar-refractivity contribution in [1.82, 2.24) is 19.9 Å². The second kappa shape index (κ2) is 9.00. The first-order valence-corrected chi connectivity index (χ1v) is 10.5. The molecule has 0 spiro atoms. The Hall–Kier alpha value is -3.67. The molecule has 0 saturated heterocycles. The molecule has 0 bridgehead atoms. The van der Waals surface area contributed by atoms with Gasteiger partial charge in [0.25, 0.3) is 0 Å². The molecule has 2 heterocycles. The van der Waals surface area contributed by atoms with Crippen LogP contribution in [0.4, 0.5) is 10.5 Å². The summed E-state index contributed by atoms with van der Waals surface area (Å²) in [6.45, 7) is 7.37. The predicted octanol–water partition coefficient (Wildman–Crippen LogP) is 5.24. The van der Waals surface area contributed by atoms with Crippen molar-refractivity contribution in [3.8, 4) is 11.4 Å². The average Bonchev–Trinajstić information content (AvgIpc) is 3.09. The summed E-state index contributed by atoms with van der Waals surface area (Å²) in [4.78, 5) is 21.6. The highest BCUT2D eigenvalue weighted by molar-refractivity contribution is 5.89. The fourth-order valence-electron chi connectivity index (χ4n) is 3.75. The lowest BCUT2D eigenvalue weighted by atomic mass is 10.1. The third kappa shape index (κ3) is 4.91. The van der Waals surface area contributed by atoms with Gasteiger partial charge in [-0.3, -0.25) is 0 Å². The van der Waals surface area contributed by atoms with Gasteiger partial charge in [-0.25, -0.2) is 14.8 Å². The van der Waals surface area contributed by atoms with E-state index in [2.05, 4.69) is 57.4 Å². The second-order valence-corrected chi connectivity index (χ2v) is 7.91. The van der Waals surface area contributed by atoms with Crippen LogP contribution >= 0.6 is 0 Å². The number of pyridine rings is 1. The molecule has 0 aliphatic heterocycles. The van der Waals surface area contributed by atoms with Gasteiger partial charge < -0.3 is 15.2 Å². The van der Waals surface area contributed by atoms with Gasteiger partial charge in [0.2, 0.25) is 0 Å². The molecule has 4 rings (SSSR count). The van der Waals surface area contributed by atoms with Crippen molar-refractivity contribution in [2.75, 3.05) is 11.9 Å². The SMILES string of the molecule is Cc1ccc(-c2nc3cccnc3n2CCCNC(=O)Nc2cc(C)cc(C)c2)cc1. The van der Waals surface area contributed by atoms with Crippen molar-refractivity contribution >= 4 is 22.9 Å². The van der Waals surface area contributed by atoms with Gasteiger partial charge >= 0.3 is 6.03 Å². The third-order valence-electron chi connectivity index (χ3n) is 5.14. The molecule has 2 aromatic carbocycles. The molecule has 31 heavy (non-hydrogen) atoms. The van der Waals surface area contributed by atoms with Crippen LogP contribution < -0.4 is 10.6 Å². The zero-order chi connectivity index (χ0) is 21.8. The lowest BCUT2D eigenvalue weighted by Gasteiger charge is -2.11. The van der Waals surface area contributed by atoms with Crippen LogP contribution in [0.15, 0.2) is 60.8 Å². The number of amides is 2. The molecule has 158 valence electrons. The minimum atomic E-state index is -0.197. The zero-order valence-electron chi connectivity index (χ0n) is 18.1. The molecule has 0 saturated carbocycles. The van der Waals surface area contributed by atoms with E-state index in [0.717, 1.165) is 45.8 Å². The van der Waals surface area contributed by atoms with E-state index >= 15 is 0 Å². The van der Waals surface area contributed by atoms with Crippen molar-refractivity contribution in [3.63, 3.8) is 0 Å². The van der Waals surface area contributed by atoms with Crippen LogP contribution in [0.3, 0.4) is 0 Å². The molecule has 2 aromatic heterocycles. The smallest absolute Gasteiger partial charge is 0.319 e. The number of imidazole rings is 1. The Morgan fingerprint density at radius 3 is 2.45 bits per heavy atom. The van der Waals surface area contributed by atoms with E-state index in [1.54, 1.807) is 6.20 Å². The third-order valence-corrected chi connectivity index (χ3v) is 5.14. The van der Waals surface area contributed by atoms with Gasteiger partial charge in [0, 0.05) is 30.5 Å². The molecule has 4 aromatic rings. The number of anilines is 1. The Bertz CT molecular complexity index is 1190. The predicted molar refractivity (Wildman–Crippen MR) is 125 cm³/mol. The van der Waals surface area contributed by atoms with Crippen molar-refractivity contribution in [2.45, 2.75) is 33.7 Å². The molecule has 0 unspecified atom stereocenters. The first kappa shape index (κ1) is 20.6. The lowest BCUT2D eigenvalue weighted by molar-refractivity contribution is 0.252. The van der Waals surface area contributed by atoms with Gasteiger partial charge in [0.15, 0.2) is 5.65 Å². The summed E-state index contributed by atoms with van der Waals surface area (Å²) in [5.41, 5.74) is 7.06. The minimum Gasteiger partial charge on any atom is -0.338 e. The number of hydrogen-bond donors (Lipinski definition) is 2. The van der Waals surface area contributed by atoms with Gasteiger partial charge in [-0.15, -0.1) is 0 Å². The highest BCUT2D eigenvalue weighted by Gasteiger charge is 2.13. The lowest BCUT2D eigenvalue weighted by Crippen LogP contribution is -2.30. The number of nitrogens with zero attached hydrogens (tertiary/aromatic N) is 3. The fraction of sp³-hybridized carbons (Fsp3) is 0.240. The normalized spacial score (nSPS) is 10.9. The Labute approximate surface area is 182 Å². The number of benzene rings is 2. The maximum absolute atomic E-state index is 12.3. The number of aryl methyl sites for hydroxylation is 4. The fourth-order valence-corrected chi connectivity index (χ4v) is 3.75. The number of rotatable bonds is 6. The number of aromatic nitrogens is 3. The quantitative estimate of drug-likeness (QED) is 0.425. The number of fused-ring (bicyclic) bond motifs is 1. The maximum Gasteiger partial charge on any atom is 0.319 e. The number of carbonyl (C=O) groups excluding carboxylic acids is 1. The topological polar surface area (TPSA) is 71.8 Å². The van der Waals surface area contributed by atoms with E-state index in [1.165, 1.54) is 5.56 Å². The standard InChI is InChI=1S/C25H27N5O/c1-17-7-9-20(10-8-17)23-29-22-6-4-11-26-24(22)30(23)13-5-12-27-25(31)28-21-15-18(2)14-19(3)16-21/h4,6-11,14-16H,5,12-13H2,1-3H3,(H2,27,28,31). The van der Waals surface area contributed by atoms with Gasteiger partial charge in [-0.2, -0.15) is 0 Å². The van der Waals surface area contributed by atoms with E-state index in [4.69, 9.17) is 4.98 Å². The first-order valence-electron chi connectivity index (χ1n) is 10.5. The van der Waals surface area contributed by atoms with Crippen LogP contribution in [0.5, 0.6) is 0 Å².